The lowest BCUT2D eigenvalue weighted by Gasteiger charge is -2.20. The fourth-order valence-electron chi connectivity index (χ4n) is 4.96. The number of aliphatic hydroxyl groups is 3. The van der Waals surface area contributed by atoms with Crippen molar-refractivity contribution in [2.24, 2.45) is 22.7 Å². The van der Waals surface area contributed by atoms with Crippen LogP contribution in [0.3, 0.4) is 0 Å². The third kappa shape index (κ3) is 4.99. The molecule has 6 heteroatoms. The average molecular weight is 389 g/mol. The summed E-state index contributed by atoms with van der Waals surface area (Å²) in [5.74, 6) is -0.648. The molecule has 0 saturated heterocycles. The van der Waals surface area contributed by atoms with E-state index in [-0.39, 0.29) is 24.2 Å². The lowest BCUT2D eigenvalue weighted by Crippen LogP contribution is -2.24. The Bertz CT molecular complexity index is 679. The van der Waals surface area contributed by atoms with Gasteiger partial charge in [-0.15, -0.1) is 0 Å². The topological polar surface area (TPSA) is 110 Å². The summed E-state index contributed by atoms with van der Waals surface area (Å²) in [6.07, 6.45) is 5.65. The SMILES string of the molecule is O=C(O)CCCCCC[C@@H]1C2C(CC(O)C=Nc3ccccc3)[C@]2(O)C[C@@H]1O. The van der Waals surface area contributed by atoms with Crippen molar-refractivity contribution >= 4 is 17.9 Å². The highest BCUT2D eigenvalue weighted by molar-refractivity contribution is 5.67. The van der Waals surface area contributed by atoms with Crippen LogP contribution in [0.1, 0.15) is 51.4 Å². The second-order valence-corrected chi connectivity index (χ2v) is 8.32. The monoisotopic (exact) mass is 389 g/mol. The van der Waals surface area contributed by atoms with Crippen molar-refractivity contribution in [3.63, 3.8) is 0 Å². The molecule has 0 spiro atoms. The minimum absolute atomic E-state index is 0.00475. The Morgan fingerprint density at radius 2 is 1.93 bits per heavy atom. The molecule has 6 nitrogen and oxygen atoms in total. The molecular weight excluding hydrogens is 358 g/mol. The summed E-state index contributed by atoms with van der Waals surface area (Å²) in [6.45, 7) is 0. The van der Waals surface area contributed by atoms with Crippen molar-refractivity contribution in [1.29, 1.82) is 0 Å². The van der Waals surface area contributed by atoms with Gasteiger partial charge in [0.2, 0.25) is 0 Å². The minimum Gasteiger partial charge on any atom is -0.481 e. The highest BCUT2D eigenvalue weighted by Crippen LogP contribution is 2.66. The third-order valence-electron chi connectivity index (χ3n) is 6.36. The molecule has 2 fully saturated rings. The van der Waals surface area contributed by atoms with E-state index >= 15 is 0 Å². The smallest absolute Gasteiger partial charge is 0.303 e. The number of fused-ring (bicyclic) bond motifs is 1. The van der Waals surface area contributed by atoms with E-state index < -0.39 is 23.8 Å². The number of carbonyl (C=O) groups is 1. The summed E-state index contributed by atoms with van der Waals surface area (Å²) in [4.78, 5) is 14.8. The molecule has 2 aliphatic rings. The summed E-state index contributed by atoms with van der Waals surface area (Å²) >= 11 is 0. The molecule has 0 heterocycles. The van der Waals surface area contributed by atoms with E-state index in [0.717, 1.165) is 31.4 Å². The number of nitrogens with zero attached hydrogens (tertiary/aromatic N) is 1. The predicted octanol–water partition coefficient (Wildman–Crippen LogP) is 2.92. The first-order valence-corrected chi connectivity index (χ1v) is 10.3. The molecule has 0 radical (unpaired) electrons. The summed E-state index contributed by atoms with van der Waals surface area (Å²) in [5.41, 5.74) is -0.0675. The van der Waals surface area contributed by atoms with Gasteiger partial charge >= 0.3 is 5.97 Å². The third-order valence-corrected chi connectivity index (χ3v) is 6.36. The molecule has 1 aromatic carbocycles. The van der Waals surface area contributed by atoms with Crippen molar-refractivity contribution < 1.29 is 25.2 Å². The number of benzene rings is 1. The molecule has 0 aliphatic heterocycles. The van der Waals surface area contributed by atoms with Gasteiger partial charge in [-0.25, -0.2) is 0 Å². The standard InChI is InChI=1S/C22H31NO5/c24-16(14-23-15-8-4-3-5-9-15)12-18-21-17(19(25)13-22(18,21)28)10-6-1-2-7-11-20(26)27/h3-5,8-9,14,16-19,21,24-25,28H,1-2,6-7,10-13H2,(H,26,27)/t16?,17-,18?,19-,21?,22+/m0/s1. The molecule has 3 rings (SSSR count). The zero-order chi connectivity index (χ0) is 20.1. The number of aliphatic carboxylic acids is 1. The molecule has 0 aromatic heterocycles. The van der Waals surface area contributed by atoms with Gasteiger partial charge in [0.05, 0.1) is 23.5 Å². The van der Waals surface area contributed by atoms with E-state index in [9.17, 15) is 20.1 Å². The number of carboxylic acid groups (broad SMARTS) is 1. The van der Waals surface area contributed by atoms with Gasteiger partial charge in [0.15, 0.2) is 0 Å². The number of aliphatic imine (C=N–C) groups is 1. The van der Waals surface area contributed by atoms with Crippen molar-refractivity contribution in [2.45, 2.75) is 69.2 Å². The fraction of sp³-hybridized carbons (Fsp3) is 0.636. The molecule has 0 amide bonds. The maximum Gasteiger partial charge on any atom is 0.303 e. The van der Waals surface area contributed by atoms with Gasteiger partial charge in [-0.1, -0.05) is 37.5 Å². The number of unbranched alkanes of at least 4 members (excludes halogenated alkanes) is 3. The Hall–Kier alpha value is -1.76. The first-order valence-electron chi connectivity index (χ1n) is 10.3. The van der Waals surface area contributed by atoms with Crippen molar-refractivity contribution in [1.82, 2.24) is 0 Å². The van der Waals surface area contributed by atoms with Crippen molar-refractivity contribution in [2.75, 3.05) is 0 Å². The second-order valence-electron chi connectivity index (χ2n) is 8.32. The van der Waals surface area contributed by atoms with Gasteiger partial charge in [0.1, 0.15) is 0 Å². The first kappa shape index (κ1) is 21.0. The molecule has 0 bridgehead atoms. The summed E-state index contributed by atoms with van der Waals surface area (Å²) in [6, 6.07) is 9.42. The second kappa shape index (κ2) is 9.16. The number of rotatable bonds is 11. The predicted molar refractivity (Wildman–Crippen MR) is 107 cm³/mol. The lowest BCUT2D eigenvalue weighted by molar-refractivity contribution is -0.137. The number of para-hydroxylation sites is 1. The van der Waals surface area contributed by atoms with Crippen LogP contribution in [-0.4, -0.2) is 50.4 Å². The van der Waals surface area contributed by atoms with Crippen molar-refractivity contribution in [3.8, 4) is 0 Å². The van der Waals surface area contributed by atoms with Gasteiger partial charge in [0.25, 0.3) is 0 Å². The molecule has 2 saturated carbocycles. The van der Waals surface area contributed by atoms with Crippen LogP contribution in [0.5, 0.6) is 0 Å². The number of hydrogen-bond donors (Lipinski definition) is 4. The number of carboxylic acids is 1. The molecule has 3 unspecified atom stereocenters. The summed E-state index contributed by atoms with van der Waals surface area (Å²) in [5, 5.41) is 40.1. The molecule has 28 heavy (non-hydrogen) atoms. The highest BCUT2D eigenvalue weighted by Gasteiger charge is 2.71. The van der Waals surface area contributed by atoms with Gasteiger partial charge in [-0.2, -0.15) is 0 Å². The van der Waals surface area contributed by atoms with E-state index in [1.54, 1.807) is 0 Å². The minimum atomic E-state index is -0.852. The van der Waals surface area contributed by atoms with Crippen LogP contribution in [-0.2, 0) is 4.79 Å². The fourth-order valence-corrected chi connectivity index (χ4v) is 4.96. The normalized spacial score (nSPS) is 32.4. The Morgan fingerprint density at radius 3 is 2.64 bits per heavy atom. The maximum absolute atomic E-state index is 10.8. The number of aliphatic hydroxyl groups excluding tert-OH is 2. The van der Waals surface area contributed by atoms with E-state index in [1.165, 1.54) is 6.21 Å². The van der Waals surface area contributed by atoms with Crippen LogP contribution in [0.4, 0.5) is 5.69 Å². The molecule has 4 N–H and O–H groups in total. The lowest BCUT2D eigenvalue weighted by atomic mass is 9.90. The van der Waals surface area contributed by atoms with Crippen LogP contribution in [0.15, 0.2) is 35.3 Å². The molecule has 6 atom stereocenters. The van der Waals surface area contributed by atoms with Gasteiger partial charge < -0.3 is 20.4 Å². The van der Waals surface area contributed by atoms with Gasteiger partial charge in [-0.05, 0) is 49.1 Å². The van der Waals surface area contributed by atoms with E-state index in [4.69, 9.17) is 5.11 Å². The Kier molecular flexibility index (Phi) is 6.86. The zero-order valence-electron chi connectivity index (χ0n) is 16.2. The summed E-state index contributed by atoms with van der Waals surface area (Å²) in [7, 11) is 0. The molecular formula is C22H31NO5. The van der Waals surface area contributed by atoms with Crippen molar-refractivity contribution in [3.05, 3.63) is 30.3 Å². The van der Waals surface area contributed by atoms with Gasteiger partial charge in [-0.3, -0.25) is 9.79 Å². The number of hydrogen-bond acceptors (Lipinski definition) is 5. The van der Waals surface area contributed by atoms with E-state index in [1.807, 2.05) is 30.3 Å². The van der Waals surface area contributed by atoms with Crippen LogP contribution >= 0.6 is 0 Å². The summed E-state index contributed by atoms with van der Waals surface area (Å²) < 4.78 is 0. The molecule has 1 aromatic rings. The Labute approximate surface area is 165 Å². The largest absolute Gasteiger partial charge is 0.481 e. The van der Waals surface area contributed by atoms with Gasteiger partial charge in [0, 0.05) is 19.1 Å². The zero-order valence-corrected chi connectivity index (χ0v) is 16.2. The average Bonchev–Trinajstić information content (AvgIpc) is 3.10. The van der Waals surface area contributed by atoms with E-state index in [0.29, 0.717) is 19.3 Å². The van der Waals surface area contributed by atoms with Crippen LogP contribution < -0.4 is 0 Å². The Balaban J connectivity index is 1.44. The molecule has 154 valence electrons. The van der Waals surface area contributed by atoms with Crippen LogP contribution in [0.25, 0.3) is 0 Å². The first-order chi connectivity index (χ1) is 13.4. The van der Waals surface area contributed by atoms with E-state index in [2.05, 4.69) is 4.99 Å². The Morgan fingerprint density at radius 1 is 1.21 bits per heavy atom. The van der Waals surface area contributed by atoms with Crippen LogP contribution in [0, 0.1) is 17.8 Å². The quantitative estimate of drug-likeness (QED) is 0.344. The van der Waals surface area contributed by atoms with Crippen LogP contribution in [0.2, 0.25) is 0 Å². The maximum atomic E-state index is 10.8. The molecule has 2 aliphatic carbocycles. The highest BCUT2D eigenvalue weighted by atomic mass is 16.4.